The maximum Gasteiger partial charge on any atom is 0.289 e. The second-order valence-electron chi connectivity index (χ2n) is 8.29. The number of furan rings is 1. The van der Waals surface area contributed by atoms with E-state index in [1.165, 1.54) is 11.2 Å². The van der Waals surface area contributed by atoms with E-state index in [9.17, 15) is 14.4 Å². The van der Waals surface area contributed by atoms with Gasteiger partial charge in [-0.1, -0.05) is 23.7 Å². The summed E-state index contributed by atoms with van der Waals surface area (Å²) in [6, 6.07) is 15.6. The Balaban J connectivity index is 0.00000289. The molecule has 182 valence electrons. The molecule has 3 amide bonds. The zero-order chi connectivity index (χ0) is 23.8. The molecular weight excluding hydrogens is 491 g/mol. The Morgan fingerprint density at radius 2 is 1.69 bits per heavy atom. The van der Waals surface area contributed by atoms with Crippen molar-refractivity contribution in [2.75, 3.05) is 49.6 Å². The number of amides is 3. The van der Waals surface area contributed by atoms with Crippen LogP contribution in [0.2, 0.25) is 5.02 Å². The molecule has 0 aliphatic carbocycles. The van der Waals surface area contributed by atoms with Gasteiger partial charge in [-0.05, 0) is 42.5 Å². The van der Waals surface area contributed by atoms with Crippen molar-refractivity contribution >= 4 is 58.8 Å². The number of piperazine rings is 1. The molecule has 35 heavy (non-hydrogen) atoms. The number of nitrogens with zero attached hydrogens (tertiary/aromatic N) is 4. The minimum absolute atomic E-state index is 0. The molecule has 0 N–H and O–H groups in total. The zero-order valence-corrected chi connectivity index (χ0v) is 20.6. The molecule has 1 aromatic heterocycles. The Kier molecular flexibility index (Phi) is 7.16. The first-order valence-electron chi connectivity index (χ1n) is 11.0. The maximum atomic E-state index is 13.7. The van der Waals surface area contributed by atoms with Gasteiger partial charge < -0.3 is 14.2 Å². The Labute approximate surface area is 214 Å². The number of fused-ring (bicyclic) bond motifs is 2. The lowest BCUT2D eigenvalue weighted by atomic mass is 10.1. The molecule has 0 radical (unpaired) electrons. The number of carbonyl (C=O) groups is 3. The summed E-state index contributed by atoms with van der Waals surface area (Å²) < 4.78 is 5.22. The second-order valence-corrected chi connectivity index (χ2v) is 8.73. The smallest absolute Gasteiger partial charge is 0.289 e. The van der Waals surface area contributed by atoms with Crippen molar-refractivity contribution < 1.29 is 18.8 Å². The van der Waals surface area contributed by atoms with E-state index in [1.54, 1.807) is 65.4 Å². The zero-order valence-electron chi connectivity index (χ0n) is 19.0. The Hall–Kier alpha value is -3.33. The van der Waals surface area contributed by atoms with Crippen LogP contribution in [0.15, 0.2) is 65.3 Å². The third-order valence-electron chi connectivity index (χ3n) is 6.22. The quantitative estimate of drug-likeness (QED) is 0.526. The fourth-order valence-corrected chi connectivity index (χ4v) is 4.59. The third-order valence-corrected chi connectivity index (χ3v) is 6.45. The second kappa shape index (κ2) is 10.1. The Morgan fingerprint density at radius 3 is 2.40 bits per heavy atom. The van der Waals surface area contributed by atoms with Crippen molar-refractivity contribution in [1.82, 2.24) is 9.80 Å². The van der Waals surface area contributed by atoms with Gasteiger partial charge in [-0.2, -0.15) is 0 Å². The van der Waals surface area contributed by atoms with Crippen LogP contribution in [0.1, 0.15) is 20.9 Å². The van der Waals surface area contributed by atoms with Crippen LogP contribution in [0.25, 0.3) is 0 Å². The van der Waals surface area contributed by atoms with E-state index in [0.29, 0.717) is 59.6 Å². The number of anilines is 3. The van der Waals surface area contributed by atoms with E-state index < -0.39 is 0 Å². The number of benzene rings is 2. The molecule has 0 atom stereocenters. The van der Waals surface area contributed by atoms with Crippen molar-refractivity contribution in [3.63, 3.8) is 0 Å². The number of rotatable bonds is 3. The molecule has 2 aromatic carbocycles. The molecule has 3 aromatic rings. The molecule has 0 unspecified atom stereocenters. The van der Waals surface area contributed by atoms with E-state index in [4.69, 9.17) is 16.0 Å². The Bertz CT molecular complexity index is 1260. The lowest BCUT2D eigenvalue weighted by Crippen LogP contribution is -2.51. The van der Waals surface area contributed by atoms with Gasteiger partial charge in [0.1, 0.15) is 0 Å². The first kappa shape index (κ1) is 24.8. The average Bonchev–Trinajstić information content (AvgIpc) is 3.37. The van der Waals surface area contributed by atoms with Gasteiger partial charge in [0.15, 0.2) is 5.76 Å². The van der Waals surface area contributed by atoms with Crippen molar-refractivity contribution in [2.45, 2.75) is 0 Å². The summed E-state index contributed by atoms with van der Waals surface area (Å²) in [5, 5.41) is 0.481. The van der Waals surface area contributed by atoms with Gasteiger partial charge in [-0.3, -0.25) is 24.2 Å². The summed E-state index contributed by atoms with van der Waals surface area (Å²) in [5.74, 6) is -0.205. The van der Waals surface area contributed by atoms with Crippen LogP contribution in [0.4, 0.5) is 17.1 Å². The van der Waals surface area contributed by atoms with Gasteiger partial charge in [0, 0.05) is 38.2 Å². The van der Waals surface area contributed by atoms with Gasteiger partial charge in [0.25, 0.3) is 11.8 Å². The largest absolute Gasteiger partial charge is 0.459 e. The van der Waals surface area contributed by atoms with Crippen LogP contribution in [0.3, 0.4) is 0 Å². The van der Waals surface area contributed by atoms with Crippen LogP contribution in [-0.4, -0.2) is 67.3 Å². The van der Waals surface area contributed by atoms with Gasteiger partial charge in [0.2, 0.25) is 5.91 Å². The van der Waals surface area contributed by atoms with Crippen LogP contribution >= 0.6 is 24.0 Å². The molecule has 1 saturated heterocycles. The molecule has 0 bridgehead atoms. The normalized spacial score (nSPS) is 15.7. The van der Waals surface area contributed by atoms with Gasteiger partial charge in [-0.15, -0.1) is 12.4 Å². The third kappa shape index (κ3) is 4.65. The molecule has 1 fully saturated rings. The van der Waals surface area contributed by atoms with Crippen molar-refractivity contribution in [2.24, 2.45) is 0 Å². The lowest BCUT2D eigenvalue weighted by Gasteiger charge is -2.35. The molecule has 5 rings (SSSR count). The first-order valence-corrected chi connectivity index (χ1v) is 11.4. The monoisotopic (exact) mass is 514 g/mol. The summed E-state index contributed by atoms with van der Waals surface area (Å²) in [6.07, 6.45) is 1.48. The summed E-state index contributed by atoms with van der Waals surface area (Å²) in [7, 11) is 1.68. The topological polar surface area (TPSA) is 77.3 Å². The van der Waals surface area contributed by atoms with Crippen LogP contribution in [0, 0.1) is 0 Å². The highest BCUT2D eigenvalue weighted by molar-refractivity contribution is 6.31. The molecule has 8 nitrogen and oxygen atoms in total. The molecule has 2 aliphatic heterocycles. The summed E-state index contributed by atoms with van der Waals surface area (Å²) >= 11 is 6.22. The lowest BCUT2D eigenvalue weighted by molar-refractivity contribution is -0.119. The standard InChI is InChI=1S/C25H23ClN4O4.ClH/c1-27-21-15-17(26)8-9-20(21)30(19-6-3-2-5-18(19)24(27)32)23(31)16-28-10-12-29(13-11-28)25(33)22-7-4-14-34-22;/h2-9,14-15H,10-13,16H2,1H3;1H. The molecule has 0 spiro atoms. The molecule has 10 heteroatoms. The fraction of sp³-hybridized carbons (Fsp3) is 0.240. The average molecular weight is 515 g/mol. The van der Waals surface area contributed by atoms with Crippen molar-refractivity contribution in [3.05, 3.63) is 77.2 Å². The summed E-state index contributed by atoms with van der Waals surface area (Å²) in [4.78, 5) is 46.2. The number of hydrogen-bond donors (Lipinski definition) is 0. The van der Waals surface area contributed by atoms with Gasteiger partial charge >= 0.3 is 0 Å². The van der Waals surface area contributed by atoms with Crippen molar-refractivity contribution in [3.8, 4) is 0 Å². The van der Waals surface area contributed by atoms with Gasteiger partial charge in [0.05, 0.1) is 35.4 Å². The van der Waals surface area contributed by atoms with Gasteiger partial charge in [-0.25, -0.2) is 0 Å². The first-order chi connectivity index (χ1) is 16.4. The van der Waals surface area contributed by atoms with Crippen LogP contribution in [0.5, 0.6) is 0 Å². The number of hydrogen-bond acceptors (Lipinski definition) is 5. The number of para-hydroxylation sites is 1. The van der Waals surface area contributed by atoms with E-state index in [0.717, 1.165) is 0 Å². The molecular formula is C25H24Cl2N4O4. The number of halogens is 2. The predicted molar refractivity (Wildman–Crippen MR) is 136 cm³/mol. The van der Waals surface area contributed by atoms with Crippen molar-refractivity contribution in [1.29, 1.82) is 0 Å². The Morgan fingerprint density at radius 1 is 0.943 bits per heavy atom. The van der Waals surface area contributed by atoms with Crippen LogP contribution < -0.4 is 9.80 Å². The highest BCUT2D eigenvalue weighted by Crippen LogP contribution is 2.41. The molecule has 2 aliphatic rings. The van der Waals surface area contributed by atoms with Crippen LogP contribution in [-0.2, 0) is 4.79 Å². The number of carbonyl (C=O) groups excluding carboxylic acids is 3. The summed E-state index contributed by atoms with van der Waals surface area (Å²) in [6.45, 7) is 2.25. The SMILES string of the molecule is CN1C(=O)c2ccccc2N(C(=O)CN2CCN(C(=O)c3ccco3)CC2)c2ccc(Cl)cc21.Cl. The predicted octanol–water partition coefficient (Wildman–Crippen LogP) is 4.07. The highest BCUT2D eigenvalue weighted by Gasteiger charge is 2.33. The summed E-state index contributed by atoms with van der Waals surface area (Å²) in [5.41, 5.74) is 2.15. The molecule has 0 saturated carbocycles. The van der Waals surface area contributed by atoms with E-state index >= 15 is 0 Å². The molecule has 3 heterocycles. The minimum Gasteiger partial charge on any atom is -0.459 e. The van der Waals surface area contributed by atoms with E-state index in [1.807, 2.05) is 11.0 Å². The fourth-order valence-electron chi connectivity index (χ4n) is 4.42. The van der Waals surface area contributed by atoms with E-state index in [-0.39, 0.29) is 36.7 Å². The minimum atomic E-state index is -0.209. The highest BCUT2D eigenvalue weighted by atomic mass is 35.5. The van der Waals surface area contributed by atoms with E-state index in [2.05, 4.69) is 0 Å². The maximum absolute atomic E-state index is 13.7.